The second-order valence-electron chi connectivity index (χ2n) is 5.04. The molecule has 1 aliphatic rings. The van der Waals surface area contributed by atoms with Crippen molar-refractivity contribution in [1.82, 2.24) is 5.32 Å². The predicted molar refractivity (Wildman–Crippen MR) is 76.0 cm³/mol. The van der Waals surface area contributed by atoms with E-state index >= 15 is 0 Å². The molecule has 1 heterocycles. The third-order valence-corrected chi connectivity index (χ3v) is 3.87. The van der Waals surface area contributed by atoms with E-state index in [1.807, 2.05) is 24.3 Å². The fraction of sp³-hybridized carbons (Fsp3) is 0.235. The lowest BCUT2D eigenvalue weighted by molar-refractivity contribution is -0.122. The Morgan fingerprint density at radius 3 is 1.89 bits per heavy atom. The van der Waals surface area contributed by atoms with Crippen LogP contribution >= 0.6 is 0 Å². The van der Waals surface area contributed by atoms with Gasteiger partial charge >= 0.3 is 0 Å². The van der Waals surface area contributed by atoms with E-state index in [1.54, 1.807) is 0 Å². The lowest BCUT2D eigenvalue weighted by Gasteiger charge is -2.32. The molecule has 0 unspecified atom stereocenters. The Hall–Kier alpha value is -2.09. The Morgan fingerprint density at radius 1 is 0.789 bits per heavy atom. The molecule has 1 saturated heterocycles. The van der Waals surface area contributed by atoms with Gasteiger partial charge in [-0.2, -0.15) is 0 Å². The van der Waals surface area contributed by atoms with Crippen LogP contribution in [0.25, 0.3) is 0 Å². The van der Waals surface area contributed by atoms with Crippen molar-refractivity contribution in [3.05, 3.63) is 71.8 Å². The van der Waals surface area contributed by atoms with Crippen LogP contribution in [0.3, 0.4) is 0 Å². The largest absolute Gasteiger partial charge is 0.355 e. The molecule has 2 nitrogen and oxygen atoms in total. The first-order valence-electron chi connectivity index (χ1n) is 6.71. The summed E-state index contributed by atoms with van der Waals surface area (Å²) in [5, 5.41) is 2.99. The summed E-state index contributed by atoms with van der Waals surface area (Å²) in [5.41, 5.74) is 2.56. The minimum atomic E-state index is 0.154. The first-order chi connectivity index (χ1) is 9.34. The molecule has 2 heteroatoms. The summed E-state index contributed by atoms with van der Waals surface area (Å²) < 4.78 is 0. The van der Waals surface area contributed by atoms with Gasteiger partial charge in [-0.25, -0.2) is 0 Å². The van der Waals surface area contributed by atoms with Gasteiger partial charge in [0.05, 0.1) is 0 Å². The highest BCUT2D eigenvalue weighted by Crippen LogP contribution is 2.37. The molecule has 0 bridgehead atoms. The van der Waals surface area contributed by atoms with Gasteiger partial charge in [-0.15, -0.1) is 0 Å². The number of nitrogens with one attached hydrogen (secondary N) is 1. The number of piperidine rings is 1. The van der Waals surface area contributed by atoms with E-state index in [4.69, 9.17) is 0 Å². The Balaban J connectivity index is 1.95. The molecule has 0 aliphatic carbocycles. The lowest BCUT2D eigenvalue weighted by Crippen LogP contribution is -2.38. The van der Waals surface area contributed by atoms with E-state index in [1.165, 1.54) is 11.1 Å². The Labute approximate surface area is 113 Å². The van der Waals surface area contributed by atoms with Crippen molar-refractivity contribution in [3.63, 3.8) is 0 Å². The Morgan fingerprint density at radius 2 is 1.32 bits per heavy atom. The second kappa shape index (κ2) is 5.27. The topological polar surface area (TPSA) is 29.1 Å². The zero-order chi connectivity index (χ0) is 13.1. The fourth-order valence-electron chi connectivity index (χ4n) is 2.88. The average Bonchev–Trinajstić information content (AvgIpc) is 2.49. The number of rotatable bonds is 2. The van der Waals surface area contributed by atoms with E-state index in [-0.39, 0.29) is 11.8 Å². The molecule has 2 aromatic carbocycles. The molecule has 1 aliphatic heterocycles. The highest BCUT2D eigenvalue weighted by atomic mass is 16.1. The molecule has 0 aromatic heterocycles. The standard InChI is InChI=1S/C17H17NO/c19-17-11-15(13-7-3-1-4-8-13)16(12-18-17)14-9-5-2-6-10-14/h1-10,15-16H,11-12H2,(H,18,19)/t15-,16+/m0/s1. The SMILES string of the molecule is O=C1C[C@@H](c2ccccc2)[C@@H](c2ccccc2)CN1. The smallest absolute Gasteiger partial charge is 0.220 e. The van der Waals surface area contributed by atoms with Crippen molar-refractivity contribution in [3.8, 4) is 0 Å². The third kappa shape index (κ3) is 2.53. The summed E-state index contributed by atoms with van der Waals surface area (Å²) in [5.74, 6) is 0.791. The van der Waals surface area contributed by atoms with E-state index < -0.39 is 0 Å². The Kier molecular flexibility index (Phi) is 3.32. The summed E-state index contributed by atoms with van der Waals surface area (Å²) in [6.07, 6.45) is 0.573. The third-order valence-electron chi connectivity index (χ3n) is 3.87. The van der Waals surface area contributed by atoms with Gasteiger partial charge in [0.2, 0.25) is 5.91 Å². The highest BCUT2D eigenvalue weighted by molar-refractivity contribution is 5.78. The van der Waals surface area contributed by atoms with Crippen LogP contribution < -0.4 is 5.32 Å². The van der Waals surface area contributed by atoms with Crippen molar-refractivity contribution in [1.29, 1.82) is 0 Å². The second-order valence-corrected chi connectivity index (χ2v) is 5.04. The van der Waals surface area contributed by atoms with Gasteiger partial charge in [0.15, 0.2) is 0 Å². The highest BCUT2D eigenvalue weighted by Gasteiger charge is 2.31. The van der Waals surface area contributed by atoms with E-state index in [0.717, 1.165) is 6.54 Å². The van der Waals surface area contributed by atoms with E-state index in [0.29, 0.717) is 12.3 Å². The van der Waals surface area contributed by atoms with E-state index in [9.17, 15) is 4.79 Å². The zero-order valence-corrected chi connectivity index (χ0v) is 10.8. The molecule has 1 N–H and O–H groups in total. The minimum Gasteiger partial charge on any atom is -0.355 e. The number of carbonyl (C=O) groups excluding carboxylic acids is 1. The number of carbonyl (C=O) groups is 1. The van der Waals surface area contributed by atoms with Crippen LogP contribution in [0.4, 0.5) is 0 Å². The molecule has 1 amide bonds. The molecule has 96 valence electrons. The molecule has 1 fully saturated rings. The normalized spacial score (nSPS) is 22.8. The number of amides is 1. The van der Waals surface area contributed by atoms with Crippen molar-refractivity contribution in [2.75, 3.05) is 6.54 Å². The van der Waals surface area contributed by atoms with Crippen LogP contribution in [0, 0.1) is 0 Å². The Bertz CT molecular complexity index is 550. The predicted octanol–water partition coefficient (Wildman–Crippen LogP) is 3.07. The van der Waals surface area contributed by atoms with Crippen molar-refractivity contribution < 1.29 is 4.79 Å². The van der Waals surface area contributed by atoms with Gasteiger partial charge < -0.3 is 5.32 Å². The summed E-state index contributed by atoms with van der Waals surface area (Å²) in [7, 11) is 0. The summed E-state index contributed by atoms with van der Waals surface area (Å²) >= 11 is 0. The summed E-state index contributed by atoms with van der Waals surface area (Å²) in [6.45, 7) is 0.725. The van der Waals surface area contributed by atoms with Crippen LogP contribution in [0.2, 0.25) is 0 Å². The molecule has 19 heavy (non-hydrogen) atoms. The number of benzene rings is 2. The van der Waals surface area contributed by atoms with E-state index in [2.05, 4.69) is 41.7 Å². The first kappa shape index (κ1) is 12.0. The number of hydrogen-bond acceptors (Lipinski definition) is 1. The van der Waals surface area contributed by atoms with Crippen molar-refractivity contribution >= 4 is 5.91 Å². The molecule has 2 atom stereocenters. The monoisotopic (exact) mass is 251 g/mol. The van der Waals surface area contributed by atoms with Gasteiger partial charge in [0.1, 0.15) is 0 Å². The molecule has 0 radical (unpaired) electrons. The average molecular weight is 251 g/mol. The molecule has 3 rings (SSSR count). The van der Waals surface area contributed by atoms with Gasteiger partial charge in [0, 0.05) is 24.8 Å². The van der Waals surface area contributed by atoms with Crippen LogP contribution in [0.1, 0.15) is 29.4 Å². The molecule has 0 saturated carbocycles. The van der Waals surface area contributed by atoms with Gasteiger partial charge in [-0.05, 0) is 11.1 Å². The van der Waals surface area contributed by atoms with Crippen LogP contribution in [0.5, 0.6) is 0 Å². The molecule has 2 aromatic rings. The molecule has 0 spiro atoms. The molecular weight excluding hydrogens is 234 g/mol. The van der Waals surface area contributed by atoms with Gasteiger partial charge in [-0.1, -0.05) is 60.7 Å². The van der Waals surface area contributed by atoms with Crippen molar-refractivity contribution in [2.24, 2.45) is 0 Å². The zero-order valence-electron chi connectivity index (χ0n) is 10.8. The minimum absolute atomic E-state index is 0.154. The summed E-state index contributed by atoms with van der Waals surface area (Å²) in [4.78, 5) is 11.7. The fourth-order valence-corrected chi connectivity index (χ4v) is 2.88. The molecular formula is C17H17NO. The van der Waals surface area contributed by atoms with Crippen LogP contribution in [-0.2, 0) is 4.79 Å². The number of hydrogen-bond donors (Lipinski definition) is 1. The maximum absolute atomic E-state index is 11.7. The summed E-state index contributed by atoms with van der Waals surface area (Å²) in [6, 6.07) is 20.8. The van der Waals surface area contributed by atoms with Crippen LogP contribution in [-0.4, -0.2) is 12.5 Å². The maximum atomic E-state index is 11.7. The van der Waals surface area contributed by atoms with Crippen LogP contribution in [0.15, 0.2) is 60.7 Å². The quantitative estimate of drug-likeness (QED) is 0.873. The lowest BCUT2D eigenvalue weighted by atomic mass is 9.77. The van der Waals surface area contributed by atoms with Gasteiger partial charge in [-0.3, -0.25) is 4.79 Å². The van der Waals surface area contributed by atoms with Gasteiger partial charge in [0.25, 0.3) is 0 Å². The van der Waals surface area contributed by atoms with Crippen molar-refractivity contribution in [2.45, 2.75) is 18.3 Å². The maximum Gasteiger partial charge on any atom is 0.220 e. The first-order valence-corrected chi connectivity index (χ1v) is 6.71.